The average Bonchev–Trinajstić information content (AvgIpc) is 0.797. The highest BCUT2D eigenvalue weighted by atomic mass is 15.0. The summed E-state index contributed by atoms with van der Waals surface area (Å²) in [5, 5.41) is 2.52. The molecule has 0 amide bonds. The first-order valence-electron chi connectivity index (χ1n) is 37.8. The van der Waals surface area contributed by atoms with Crippen molar-refractivity contribution in [3.63, 3.8) is 0 Å². The maximum Gasteiger partial charge on any atom is 0.164 e. The van der Waals surface area contributed by atoms with E-state index in [4.69, 9.17) is 29.9 Å². The van der Waals surface area contributed by atoms with Crippen LogP contribution in [0.2, 0.25) is 0 Å². The minimum absolute atomic E-state index is 0.634. The summed E-state index contributed by atoms with van der Waals surface area (Å²) in [7, 11) is 0. The highest BCUT2D eigenvalue weighted by Gasteiger charge is 2.18. The topological polar surface area (TPSA) is 77.3 Å². The van der Waals surface area contributed by atoms with Crippen LogP contribution in [0.25, 0.3) is 190 Å². The van der Waals surface area contributed by atoms with Gasteiger partial charge in [0, 0.05) is 33.4 Å². The Balaban J connectivity index is 0.000000157. The summed E-state index contributed by atoms with van der Waals surface area (Å²) in [6.07, 6.45) is 0. The standard InChI is InChI=1S/C55H37N3.C51H35N3/c1-4-14-38(15-5-1)48-35-49(41-28-26-39(27-29-41)40-30-32-43(33-31-40)52-25-13-21-42-16-10-11-24-51(42)52)37-50(36-48)46-22-12-23-47(34-46)55-57-53(44-17-6-2-7-18-44)56-54(58-55)45-19-8-3-9-20-45;1-5-14-36(15-6-1)38-24-26-39(27-25-38)40-28-30-41(31-29-40)47-33-46(37-16-7-2-8-17-37)34-48(35-47)44-22-13-23-45(32-44)51-53-49(42-18-9-3-10-19-42)52-50(54-51)43-20-11-4-12-21-43/h1-37H;1-35H. The molecule has 0 spiro atoms. The lowest BCUT2D eigenvalue weighted by Crippen LogP contribution is -2.00. The zero-order chi connectivity index (χ0) is 74.8. The van der Waals surface area contributed by atoms with Gasteiger partial charge in [-0.1, -0.05) is 388 Å². The predicted molar refractivity (Wildman–Crippen MR) is 464 cm³/mol. The number of hydrogen-bond donors (Lipinski definition) is 0. The molecule has 0 aliphatic heterocycles. The third kappa shape index (κ3) is 15.3. The van der Waals surface area contributed by atoms with Crippen molar-refractivity contribution >= 4 is 10.8 Å². The van der Waals surface area contributed by atoms with E-state index >= 15 is 0 Å². The van der Waals surface area contributed by atoms with E-state index in [1.807, 2.05) is 121 Å². The first kappa shape index (κ1) is 68.8. The summed E-state index contributed by atoms with van der Waals surface area (Å²) in [6, 6.07) is 153. The number of hydrogen-bond acceptors (Lipinski definition) is 6. The monoisotopic (exact) mass is 1430 g/mol. The van der Waals surface area contributed by atoms with Crippen molar-refractivity contribution in [1.82, 2.24) is 29.9 Å². The zero-order valence-corrected chi connectivity index (χ0v) is 61.3. The fourth-order valence-corrected chi connectivity index (χ4v) is 14.6. The first-order chi connectivity index (χ1) is 55.4. The summed E-state index contributed by atoms with van der Waals surface area (Å²) in [5.74, 6) is 3.86. The highest BCUT2D eigenvalue weighted by Crippen LogP contribution is 2.40. The Labute approximate surface area is 652 Å². The van der Waals surface area contributed by atoms with E-state index in [9.17, 15) is 0 Å². The molecule has 19 rings (SSSR count). The third-order valence-electron chi connectivity index (χ3n) is 20.5. The van der Waals surface area contributed by atoms with E-state index in [1.54, 1.807) is 0 Å². The zero-order valence-electron chi connectivity index (χ0n) is 61.3. The summed E-state index contributed by atoms with van der Waals surface area (Å²) < 4.78 is 0. The molecule has 0 saturated heterocycles. The first-order valence-corrected chi connectivity index (χ1v) is 37.8. The van der Waals surface area contributed by atoms with Crippen LogP contribution in [-0.2, 0) is 0 Å². The molecule has 0 bridgehead atoms. The van der Waals surface area contributed by atoms with Crippen molar-refractivity contribution in [3.05, 3.63) is 437 Å². The average molecular weight is 1430 g/mol. The maximum absolute atomic E-state index is 5.01. The van der Waals surface area contributed by atoms with E-state index in [-0.39, 0.29) is 0 Å². The van der Waals surface area contributed by atoms with Crippen molar-refractivity contribution in [3.8, 4) is 180 Å². The normalized spacial score (nSPS) is 11.0. The Kier molecular flexibility index (Phi) is 19.6. The van der Waals surface area contributed by atoms with Crippen molar-refractivity contribution in [2.75, 3.05) is 0 Å². The fourth-order valence-electron chi connectivity index (χ4n) is 14.6. The Hall–Kier alpha value is -15.0. The molecule has 0 radical (unpaired) electrons. The smallest absolute Gasteiger partial charge is 0.164 e. The van der Waals surface area contributed by atoms with Crippen LogP contribution in [0.3, 0.4) is 0 Å². The molecule has 0 atom stereocenters. The van der Waals surface area contributed by atoms with Crippen LogP contribution >= 0.6 is 0 Å². The van der Waals surface area contributed by atoms with Crippen LogP contribution in [0, 0.1) is 0 Å². The molecule has 6 nitrogen and oxygen atoms in total. The summed E-state index contributed by atoms with van der Waals surface area (Å²) in [6.45, 7) is 0. The summed E-state index contributed by atoms with van der Waals surface area (Å²) >= 11 is 0. The van der Waals surface area contributed by atoms with E-state index in [0.717, 1.165) is 89.0 Å². The minimum Gasteiger partial charge on any atom is -0.208 e. The maximum atomic E-state index is 5.01. The van der Waals surface area contributed by atoms with Gasteiger partial charge in [-0.05, 0) is 171 Å². The lowest BCUT2D eigenvalue weighted by Gasteiger charge is -2.13. The fraction of sp³-hybridized carbons (Fsp3) is 0. The van der Waals surface area contributed by atoms with E-state index in [1.165, 1.54) is 66.4 Å². The van der Waals surface area contributed by atoms with Crippen LogP contribution in [-0.4, -0.2) is 29.9 Å². The number of benzene rings is 17. The second-order valence-corrected chi connectivity index (χ2v) is 27.8. The number of fused-ring (bicyclic) bond motifs is 1. The van der Waals surface area contributed by atoms with Crippen LogP contribution in [0.5, 0.6) is 0 Å². The van der Waals surface area contributed by atoms with Gasteiger partial charge in [-0.15, -0.1) is 0 Å². The Bertz CT molecular complexity index is 6350. The quantitative estimate of drug-likeness (QED) is 0.0959. The van der Waals surface area contributed by atoms with E-state index < -0.39 is 0 Å². The second kappa shape index (κ2) is 31.8. The minimum atomic E-state index is 0.634. The van der Waals surface area contributed by atoms with Crippen LogP contribution in [0.4, 0.5) is 0 Å². The molecule has 0 unspecified atom stereocenters. The van der Waals surface area contributed by atoms with Gasteiger partial charge >= 0.3 is 0 Å². The molecule has 526 valence electrons. The van der Waals surface area contributed by atoms with Crippen molar-refractivity contribution < 1.29 is 0 Å². The molecule has 0 fully saturated rings. The summed E-state index contributed by atoms with van der Waals surface area (Å²) in [5.41, 5.74) is 29.0. The van der Waals surface area contributed by atoms with Crippen molar-refractivity contribution in [1.29, 1.82) is 0 Å². The highest BCUT2D eigenvalue weighted by molar-refractivity contribution is 5.97. The molecule has 19 aromatic rings. The summed E-state index contributed by atoms with van der Waals surface area (Å²) in [4.78, 5) is 29.8. The van der Waals surface area contributed by atoms with Gasteiger partial charge in [0.25, 0.3) is 0 Å². The Morgan fingerprint density at radius 2 is 0.286 bits per heavy atom. The van der Waals surface area contributed by atoms with Gasteiger partial charge < -0.3 is 0 Å². The Morgan fingerprint density at radius 3 is 0.589 bits per heavy atom. The van der Waals surface area contributed by atoms with Crippen molar-refractivity contribution in [2.24, 2.45) is 0 Å². The number of nitrogens with zero attached hydrogens (tertiary/aromatic N) is 6. The SMILES string of the molecule is c1ccc(-c2cc(-c3ccc(-c4ccc(-c5cccc6ccccc56)cc4)cc3)cc(-c3cccc(-c4nc(-c5ccccc5)nc(-c5ccccc5)n4)c3)c2)cc1.c1ccc(-c2ccc(-c3ccc(-c4cc(-c5ccccc5)cc(-c5cccc(-c6nc(-c7ccccc7)nc(-c7ccccc7)n6)c5)c4)cc3)cc2)cc1. The third-order valence-corrected chi connectivity index (χ3v) is 20.5. The lowest BCUT2D eigenvalue weighted by atomic mass is 9.92. The molecular formula is C106H72N6. The molecule has 0 aliphatic rings. The largest absolute Gasteiger partial charge is 0.208 e. The van der Waals surface area contributed by atoms with Crippen LogP contribution in [0.15, 0.2) is 437 Å². The van der Waals surface area contributed by atoms with Gasteiger partial charge in [0.05, 0.1) is 0 Å². The van der Waals surface area contributed by atoms with E-state index in [2.05, 4.69) is 315 Å². The van der Waals surface area contributed by atoms with Crippen LogP contribution < -0.4 is 0 Å². The lowest BCUT2D eigenvalue weighted by molar-refractivity contribution is 1.07. The number of aromatic nitrogens is 6. The van der Waals surface area contributed by atoms with Gasteiger partial charge in [0.1, 0.15) is 0 Å². The molecule has 0 N–H and O–H groups in total. The molecule has 0 aliphatic carbocycles. The van der Waals surface area contributed by atoms with Gasteiger partial charge in [-0.2, -0.15) is 0 Å². The number of rotatable bonds is 16. The molecule has 6 heteroatoms. The van der Waals surface area contributed by atoms with E-state index in [0.29, 0.717) is 34.9 Å². The molecule has 17 aromatic carbocycles. The van der Waals surface area contributed by atoms with Crippen molar-refractivity contribution in [2.45, 2.75) is 0 Å². The molecule has 0 saturated carbocycles. The molecular weight excluding hydrogens is 1360 g/mol. The Morgan fingerprint density at radius 1 is 0.107 bits per heavy atom. The molecule has 2 aromatic heterocycles. The van der Waals surface area contributed by atoms with Gasteiger partial charge in [-0.25, -0.2) is 29.9 Å². The van der Waals surface area contributed by atoms with Gasteiger partial charge in [0.2, 0.25) is 0 Å². The molecule has 112 heavy (non-hydrogen) atoms. The van der Waals surface area contributed by atoms with Gasteiger partial charge in [-0.3, -0.25) is 0 Å². The van der Waals surface area contributed by atoms with Gasteiger partial charge in [0.15, 0.2) is 34.9 Å². The molecule has 2 heterocycles. The predicted octanol–water partition coefficient (Wildman–Crippen LogP) is 27.6. The van der Waals surface area contributed by atoms with Crippen LogP contribution in [0.1, 0.15) is 0 Å². The second-order valence-electron chi connectivity index (χ2n) is 27.8.